The van der Waals surface area contributed by atoms with E-state index >= 15 is 0 Å². The molecule has 0 aromatic heterocycles. The number of amidine groups is 1. The van der Waals surface area contributed by atoms with Gasteiger partial charge in [-0.3, -0.25) is 14.5 Å². The molecule has 2 N–H and O–H groups in total. The van der Waals surface area contributed by atoms with E-state index in [4.69, 9.17) is 9.47 Å². The van der Waals surface area contributed by atoms with Gasteiger partial charge in [0.1, 0.15) is 18.5 Å². The number of carbonyl (C=O) groups excluding carboxylic acids is 1. The van der Waals surface area contributed by atoms with Crippen LogP contribution in [0, 0.1) is 5.92 Å². The molecule has 0 saturated carbocycles. The highest BCUT2D eigenvalue weighted by atomic mass is 32.2. The van der Waals surface area contributed by atoms with Crippen LogP contribution in [-0.4, -0.2) is 46.5 Å². The molecule has 0 saturated heterocycles. The Hall–Kier alpha value is -3.07. The van der Waals surface area contributed by atoms with Crippen molar-refractivity contribution in [1.82, 2.24) is 10.0 Å². The third kappa shape index (κ3) is 5.16. The molecule has 0 spiro atoms. The van der Waals surface area contributed by atoms with Crippen LogP contribution in [0.3, 0.4) is 0 Å². The van der Waals surface area contributed by atoms with E-state index in [9.17, 15) is 13.2 Å². The number of carbonyl (C=O) groups is 1. The molecule has 166 valence electrons. The van der Waals surface area contributed by atoms with Crippen molar-refractivity contribution < 1.29 is 22.7 Å². The molecular formula is C22H27N3O5S. The lowest BCUT2D eigenvalue weighted by atomic mass is 9.98. The normalized spacial score (nSPS) is 17.3. The lowest BCUT2D eigenvalue weighted by Crippen LogP contribution is -2.40. The third-order valence-corrected chi connectivity index (χ3v) is 6.51. The highest BCUT2D eigenvalue weighted by molar-refractivity contribution is 7.90. The van der Waals surface area contributed by atoms with Gasteiger partial charge in [0.15, 0.2) is 11.5 Å². The average molecular weight is 446 g/mol. The topological polar surface area (TPSA) is 106 Å². The molecule has 2 atom stereocenters. The molecule has 0 aliphatic carbocycles. The summed E-state index contributed by atoms with van der Waals surface area (Å²) in [6, 6.07) is 13.1. The smallest absolute Gasteiger partial charge is 0.263 e. The Labute approximate surface area is 182 Å². The fourth-order valence-electron chi connectivity index (χ4n) is 3.21. The monoisotopic (exact) mass is 445 g/mol. The minimum atomic E-state index is -3.66. The number of hydrogen-bond donors (Lipinski definition) is 2. The number of fused-ring (bicyclic) bond motifs is 1. The summed E-state index contributed by atoms with van der Waals surface area (Å²) in [4.78, 5) is 17.5. The molecule has 8 nitrogen and oxygen atoms in total. The number of nitrogens with one attached hydrogen (secondary N) is 2. The zero-order valence-corrected chi connectivity index (χ0v) is 18.6. The number of aliphatic imine (C=N–C) groups is 1. The van der Waals surface area contributed by atoms with Crippen molar-refractivity contribution in [3.05, 3.63) is 54.1 Å². The molecule has 0 unspecified atom stereocenters. The Balaban J connectivity index is 1.69. The molecule has 0 radical (unpaired) electrons. The standard InChI is InChI=1S/C22H27N3O5S/c1-4-15(2)20(24-21-16-9-5-8-12-19(16)31(27,28)25-21)22(26)23-13-14-30-18-11-7-6-10-17(18)29-3/h5-12,15,20H,4,13-14H2,1-3H3,(H,23,26)(H,24,25)/t15-,20-/m0/s1. The lowest BCUT2D eigenvalue weighted by molar-refractivity contribution is -0.123. The van der Waals surface area contributed by atoms with Crippen LogP contribution in [0.4, 0.5) is 0 Å². The van der Waals surface area contributed by atoms with E-state index in [1.54, 1.807) is 37.4 Å². The van der Waals surface area contributed by atoms with Crippen LogP contribution < -0.4 is 19.5 Å². The summed E-state index contributed by atoms with van der Waals surface area (Å²) in [7, 11) is -2.10. The number of hydrogen-bond acceptors (Lipinski definition) is 6. The first-order valence-corrected chi connectivity index (χ1v) is 11.6. The van der Waals surface area contributed by atoms with Gasteiger partial charge in [-0.05, 0) is 30.2 Å². The second-order valence-corrected chi connectivity index (χ2v) is 8.85. The molecule has 1 heterocycles. The number of benzene rings is 2. The van der Waals surface area contributed by atoms with Gasteiger partial charge in [-0.25, -0.2) is 8.42 Å². The Morgan fingerprint density at radius 3 is 2.52 bits per heavy atom. The largest absolute Gasteiger partial charge is 0.493 e. The SMILES string of the molecule is CC[C@H](C)[C@H](N=C1NS(=O)(=O)c2ccccc21)C(=O)NCCOc1ccccc1OC. The van der Waals surface area contributed by atoms with Crippen LogP contribution in [-0.2, 0) is 14.8 Å². The molecule has 31 heavy (non-hydrogen) atoms. The highest BCUT2D eigenvalue weighted by Crippen LogP contribution is 2.26. The molecule has 3 rings (SSSR count). The molecule has 1 aliphatic rings. The Morgan fingerprint density at radius 2 is 1.81 bits per heavy atom. The third-order valence-electron chi connectivity index (χ3n) is 5.11. The van der Waals surface area contributed by atoms with Gasteiger partial charge in [0.2, 0.25) is 5.91 Å². The van der Waals surface area contributed by atoms with Crippen molar-refractivity contribution in [2.75, 3.05) is 20.3 Å². The van der Waals surface area contributed by atoms with Gasteiger partial charge in [0.25, 0.3) is 10.0 Å². The van der Waals surface area contributed by atoms with Crippen molar-refractivity contribution in [3.63, 3.8) is 0 Å². The minimum absolute atomic E-state index is 0.0834. The Morgan fingerprint density at radius 1 is 1.13 bits per heavy atom. The van der Waals surface area contributed by atoms with Crippen molar-refractivity contribution in [2.24, 2.45) is 10.9 Å². The molecule has 1 aliphatic heterocycles. The summed E-state index contributed by atoms with van der Waals surface area (Å²) >= 11 is 0. The fourth-order valence-corrected chi connectivity index (χ4v) is 4.45. The number of rotatable bonds is 9. The second-order valence-electron chi connectivity index (χ2n) is 7.20. The van der Waals surface area contributed by atoms with Crippen molar-refractivity contribution >= 4 is 21.8 Å². The summed E-state index contributed by atoms with van der Waals surface area (Å²) in [6.45, 7) is 4.40. The van der Waals surface area contributed by atoms with Crippen LogP contribution in [0.25, 0.3) is 0 Å². The Bertz CT molecular complexity index is 1070. The first-order chi connectivity index (χ1) is 14.9. The van der Waals surface area contributed by atoms with Gasteiger partial charge < -0.3 is 14.8 Å². The number of para-hydroxylation sites is 2. The number of sulfonamides is 1. The van der Waals surface area contributed by atoms with Gasteiger partial charge in [0.05, 0.1) is 18.6 Å². The summed E-state index contributed by atoms with van der Waals surface area (Å²) in [6.07, 6.45) is 0.709. The maximum absolute atomic E-state index is 12.9. The maximum atomic E-state index is 12.9. The summed E-state index contributed by atoms with van der Waals surface area (Å²) in [5.74, 6) is 1.04. The predicted molar refractivity (Wildman–Crippen MR) is 118 cm³/mol. The van der Waals surface area contributed by atoms with Crippen LogP contribution in [0.2, 0.25) is 0 Å². The summed E-state index contributed by atoms with van der Waals surface area (Å²) in [5, 5.41) is 2.84. The van der Waals surface area contributed by atoms with Gasteiger partial charge in [-0.1, -0.05) is 44.5 Å². The summed E-state index contributed by atoms with van der Waals surface area (Å²) < 4.78 is 38.1. The van der Waals surface area contributed by atoms with E-state index in [1.165, 1.54) is 6.07 Å². The first-order valence-electron chi connectivity index (χ1n) is 10.1. The summed E-state index contributed by atoms with van der Waals surface area (Å²) in [5.41, 5.74) is 0.475. The fraction of sp³-hybridized carbons (Fsp3) is 0.364. The molecule has 0 bridgehead atoms. The molecule has 0 fully saturated rings. The minimum Gasteiger partial charge on any atom is -0.493 e. The Kier molecular flexibility index (Phi) is 7.17. The van der Waals surface area contributed by atoms with Crippen molar-refractivity contribution in [1.29, 1.82) is 0 Å². The predicted octanol–water partition coefficient (Wildman–Crippen LogP) is 2.34. The molecule has 1 amide bonds. The molecule has 2 aromatic carbocycles. The average Bonchev–Trinajstić information content (AvgIpc) is 3.04. The number of nitrogens with zero attached hydrogens (tertiary/aromatic N) is 1. The van der Waals surface area contributed by atoms with E-state index in [0.717, 1.165) is 0 Å². The van der Waals surface area contributed by atoms with E-state index in [-0.39, 0.29) is 35.7 Å². The zero-order valence-electron chi connectivity index (χ0n) is 17.8. The van der Waals surface area contributed by atoms with Gasteiger partial charge >= 0.3 is 0 Å². The van der Waals surface area contributed by atoms with Crippen LogP contribution in [0.15, 0.2) is 58.4 Å². The van der Waals surface area contributed by atoms with Crippen LogP contribution in [0.1, 0.15) is 25.8 Å². The number of amides is 1. The van der Waals surface area contributed by atoms with Gasteiger partial charge in [-0.15, -0.1) is 0 Å². The molecule has 9 heteroatoms. The lowest BCUT2D eigenvalue weighted by Gasteiger charge is -2.19. The zero-order chi connectivity index (χ0) is 22.4. The van der Waals surface area contributed by atoms with E-state index in [1.807, 2.05) is 26.0 Å². The molecule has 2 aromatic rings. The second kappa shape index (κ2) is 9.82. The first kappa shape index (κ1) is 22.6. The van der Waals surface area contributed by atoms with Gasteiger partial charge in [-0.2, -0.15) is 0 Å². The van der Waals surface area contributed by atoms with Crippen LogP contribution >= 0.6 is 0 Å². The van der Waals surface area contributed by atoms with Gasteiger partial charge in [0, 0.05) is 5.56 Å². The molecular weight excluding hydrogens is 418 g/mol. The quantitative estimate of drug-likeness (QED) is 0.577. The number of methoxy groups -OCH3 is 1. The van der Waals surface area contributed by atoms with Crippen LogP contribution in [0.5, 0.6) is 11.5 Å². The van der Waals surface area contributed by atoms with E-state index < -0.39 is 16.1 Å². The number of ether oxygens (including phenoxy) is 2. The highest BCUT2D eigenvalue weighted by Gasteiger charge is 2.33. The van der Waals surface area contributed by atoms with Crippen molar-refractivity contribution in [2.45, 2.75) is 31.2 Å². The van der Waals surface area contributed by atoms with E-state index in [0.29, 0.717) is 23.5 Å². The maximum Gasteiger partial charge on any atom is 0.263 e. The van der Waals surface area contributed by atoms with Crippen molar-refractivity contribution in [3.8, 4) is 11.5 Å². The van der Waals surface area contributed by atoms with E-state index in [2.05, 4.69) is 15.0 Å².